The Morgan fingerprint density at radius 2 is 2.47 bits per heavy atom. The average molecular weight is 248 g/mol. The molecule has 1 saturated heterocycles. The average Bonchev–Trinajstić information content (AvgIpc) is 2.24. The van der Waals surface area contributed by atoms with E-state index in [4.69, 9.17) is 12.2 Å². The molecule has 1 aliphatic rings. The van der Waals surface area contributed by atoms with Crippen LogP contribution in [0.15, 0.2) is 0 Å². The van der Waals surface area contributed by atoms with Crippen LogP contribution in [0, 0.1) is 0 Å². The van der Waals surface area contributed by atoms with Gasteiger partial charge in [0.1, 0.15) is 0 Å². The summed E-state index contributed by atoms with van der Waals surface area (Å²) in [6.45, 7) is 2.60. The second kappa shape index (κ2) is 7.30. The molecular formula is C10H20N2OS2. The molecule has 0 bridgehead atoms. The van der Waals surface area contributed by atoms with Gasteiger partial charge in [-0.05, 0) is 43.5 Å². The molecule has 0 spiro atoms. The van der Waals surface area contributed by atoms with Gasteiger partial charge in [-0.25, -0.2) is 0 Å². The standard InChI is InChI=1S/C10H20N2OS2/c1-15-7-3-5-11-10(14)12-6-2-4-9(13)8-12/h9,13H,2-8H2,1H3,(H,11,14)/t9-/m1/s1. The minimum absolute atomic E-state index is 0.204. The maximum Gasteiger partial charge on any atom is 0.169 e. The van der Waals surface area contributed by atoms with Crippen molar-refractivity contribution in [2.75, 3.05) is 31.6 Å². The van der Waals surface area contributed by atoms with Crippen molar-refractivity contribution >= 4 is 29.1 Å². The second-order valence-corrected chi connectivity index (χ2v) is 5.19. The molecule has 0 aromatic carbocycles. The van der Waals surface area contributed by atoms with Crippen LogP contribution < -0.4 is 5.32 Å². The molecule has 1 rings (SSSR count). The van der Waals surface area contributed by atoms with Crippen molar-refractivity contribution in [1.82, 2.24) is 10.2 Å². The normalized spacial score (nSPS) is 21.5. The van der Waals surface area contributed by atoms with Gasteiger partial charge in [0.25, 0.3) is 0 Å². The SMILES string of the molecule is CSCCCNC(=S)N1CCC[C@@H](O)C1. The number of hydrogen-bond acceptors (Lipinski definition) is 3. The van der Waals surface area contributed by atoms with Crippen LogP contribution >= 0.6 is 24.0 Å². The molecule has 15 heavy (non-hydrogen) atoms. The van der Waals surface area contributed by atoms with Crippen LogP contribution in [0.4, 0.5) is 0 Å². The number of nitrogens with zero attached hydrogens (tertiary/aromatic N) is 1. The summed E-state index contributed by atoms with van der Waals surface area (Å²) in [6.07, 6.45) is 4.99. The van der Waals surface area contributed by atoms with Gasteiger partial charge in [-0.1, -0.05) is 0 Å². The van der Waals surface area contributed by atoms with E-state index in [1.165, 1.54) is 0 Å². The Hall–Kier alpha value is -0.0000000000000000486. The number of aliphatic hydroxyl groups is 1. The summed E-state index contributed by atoms with van der Waals surface area (Å²) in [5.41, 5.74) is 0. The summed E-state index contributed by atoms with van der Waals surface area (Å²) in [5, 5.41) is 13.5. The fraction of sp³-hybridized carbons (Fsp3) is 0.900. The molecule has 0 aliphatic carbocycles. The summed E-state index contributed by atoms with van der Waals surface area (Å²) in [5.74, 6) is 1.16. The third-order valence-electron chi connectivity index (χ3n) is 2.49. The molecule has 0 aromatic heterocycles. The van der Waals surface area contributed by atoms with E-state index < -0.39 is 0 Å². The molecule has 1 atom stereocenters. The minimum Gasteiger partial charge on any atom is -0.391 e. The zero-order chi connectivity index (χ0) is 11.1. The summed E-state index contributed by atoms with van der Waals surface area (Å²) >= 11 is 7.13. The van der Waals surface area contributed by atoms with Crippen LogP contribution in [0.3, 0.4) is 0 Å². The maximum absolute atomic E-state index is 9.51. The van der Waals surface area contributed by atoms with Gasteiger partial charge in [0.2, 0.25) is 0 Å². The van der Waals surface area contributed by atoms with Crippen LogP contribution in [0.2, 0.25) is 0 Å². The summed E-state index contributed by atoms with van der Waals surface area (Å²) in [4.78, 5) is 2.07. The molecule has 0 saturated carbocycles. The smallest absolute Gasteiger partial charge is 0.169 e. The van der Waals surface area contributed by atoms with Crippen LogP contribution in [0.5, 0.6) is 0 Å². The van der Waals surface area contributed by atoms with Gasteiger partial charge in [-0.2, -0.15) is 11.8 Å². The van der Waals surface area contributed by atoms with Crippen LogP contribution in [-0.2, 0) is 0 Å². The lowest BCUT2D eigenvalue weighted by Crippen LogP contribution is -2.47. The number of thiocarbonyl (C=S) groups is 1. The number of rotatable bonds is 4. The van der Waals surface area contributed by atoms with Crippen molar-refractivity contribution in [3.05, 3.63) is 0 Å². The summed E-state index contributed by atoms with van der Waals surface area (Å²) in [6, 6.07) is 0. The Kier molecular flexibility index (Phi) is 6.36. The molecule has 0 aromatic rings. The van der Waals surface area contributed by atoms with E-state index >= 15 is 0 Å². The predicted molar refractivity (Wildman–Crippen MR) is 70.4 cm³/mol. The van der Waals surface area contributed by atoms with E-state index in [0.29, 0.717) is 6.54 Å². The van der Waals surface area contributed by atoms with E-state index in [1.54, 1.807) is 0 Å². The Morgan fingerprint density at radius 1 is 1.67 bits per heavy atom. The van der Waals surface area contributed by atoms with Crippen LogP contribution in [0.1, 0.15) is 19.3 Å². The molecule has 0 radical (unpaired) electrons. The highest BCUT2D eigenvalue weighted by Crippen LogP contribution is 2.09. The molecule has 5 heteroatoms. The van der Waals surface area contributed by atoms with Gasteiger partial charge >= 0.3 is 0 Å². The molecule has 0 unspecified atom stereocenters. The molecule has 1 fully saturated rings. The first-order valence-corrected chi connectivity index (χ1v) is 7.24. The molecule has 3 nitrogen and oxygen atoms in total. The third kappa shape index (κ3) is 5.04. The Morgan fingerprint density at radius 3 is 3.13 bits per heavy atom. The van der Waals surface area contributed by atoms with E-state index in [-0.39, 0.29) is 6.10 Å². The zero-order valence-electron chi connectivity index (χ0n) is 9.24. The van der Waals surface area contributed by atoms with Crippen molar-refractivity contribution in [2.24, 2.45) is 0 Å². The fourth-order valence-electron chi connectivity index (χ4n) is 1.66. The van der Waals surface area contributed by atoms with Gasteiger partial charge in [-0.3, -0.25) is 0 Å². The molecule has 88 valence electrons. The Bertz CT molecular complexity index is 202. The molecule has 1 aliphatic heterocycles. The summed E-state index contributed by atoms with van der Waals surface area (Å²) < 4.78 is 0. The number of nitrogens with one attached hydrogen (secondary N) is 1. The van der Waals surface area contributed by atoms with E-state index in [2.05, 4.69) is 16.5 Å². The van der Waals surface area contributed by atoms with Gasteiger partial charge < -0.3 is 15.3 Å². The lowest BCUT2D eigenvalue weighted by atomic mass is 10.1. The van der Waals surface area contributed by atoms with Crippen molar-refractivity contribution in [2.45, 2.75) is 25.4 Å². The summed E-state index contributed by atoms with van der Waals surface area (Å²) in [7, 11) is 0. The number of β-amino-alcohol motifs (C(OH)–C–C–N with tert-alkyl or cyclic N) is 1. The molecule has 2 N–H and O–H groups in total. The third-order valence-corrected chi connectivity index (χ3v) is 3.58. The highest BCUT2D eigenvalue weighted by molar-refractivity contribution is 7.98. The molecule has 0 amide bonds. The van der Waals surface area contributed by atoms with E-state index in [9.17, 15) is 5.11 Å². The van der Waals surface area contributed by atoms with Gasteiger partial charge in [0.05, 0.1) is 6.10 Å². The number of hydrogen-bond donors (Lipinski definition) is 2. The van der Waals surface area contributed by atoms with Crippen molar-refractivity contribution < 1.29 is 5.11 Å². The van der Waals surface area contributed by atoms with Crippen LogP contribution in [-0.4, -0.2) is 52.9 Å². The lowest BCUT2D eigenvalue weighted by molar-refractivity contribution is 0.103. The monoisotopic (exact) mass is 248 g/mol. The first kappa shape index (κ1) is 13.1. The molecule has 1 heterocycles. The quantitative estimate of drug-likeness (QED) is 0.575. The zero-order valence-corrected chi connectivity index (χ0v) is 10.9. The van der Waals surface area contributed by atoms with E-state index in [0.717, 1.165) is 43.2 Å². The maximum atomic E-state index is 9.51. The van der Waals surface area contributed by atoms with Crippen molar-refractivity contribution in [3.8, 4) is 0 Å². The largest absolute Gasteiger partial charge is 0.391 e. The minimum atomic E-state index is -0.204. The number of piperidine rings is 1. The van der Waals surface area contributed by atoms with Gasteiger partial charge in [-0.15, -0.1) is 0 Å². The number of thioether (sulfide) groups is 1. The van der Waals surface area contributed by atoms with Gasteiger partial charge in [0, 0.05) is 19.6 Å². The number of aliphatic hydroxyl groups excluding tert-OH is 1. The molecular weight excluding hydrogens is 228 g/mol. The Labute approximate surface area is 102 Å². The first-order chi connectivity index (χ1) is 7.24. The Balaban J connectivity index is 2.15. The highest BCUT2D eigenvalue weighted by atomic mass is 32.2. The lowest BCUT2D eigenvalue weighted by Gasteiger charge is -2.32. The first-order valence-electron chi connectivity index (χ1n) is 5.44. The second-order valence-electron chi connectivity index (χ2n) is 3.82. The fourth-order valence-corrected chi connectivity index (χ4v) is 2.36. The van der Waals surface area contributed by atoms with E-state index in [1.807, 2.05) is 11.8 Å². The van der Waals surface area contributed by atoms with Gasteiger partial charge in [0.15, 0.2) is 5.11 Å². The topological polar surface area (TPSA) is 35.5 Å². The highest BCUT2D eigenvalue weighted by Gasteiger charge is 2.19. The van der Waals surface area contributed by atoms with Crippen molar-refractivity contribution in [1.29, 1.82) is 0 Å². The predicted octanol–water partition coefficient (Wildman–Crippen LogP) is 1.07. The number of likely N-dealkylation sites (tertiary alicyclic amines) is 1. The van der Waals surface area contributed by atoms with Crippen molar-refractivity contribution in [3.63, 3.8) is 0 Å². The van der Waals surface area contributed by atoms with Crippen LogP contribution in [0.25, 0.3) is 0 Å².